The van der Waals surface area contributed by atoms with E-state index in [1.165, 1.54) is 12.7 Å². The molecule has 2 atom stereocenters. The molecule has 2 aliphatic heterocycles. The van der Waals surface area contributed by atoms with E-state index in [0.29, 0.717) is 26.1 Å². The van der Waals surface area contributed by atoms with Crippen molar-refractivity contribution in [1.82, 2.24) is 4.90 Å². The molecule has 2 fully saturated rings. The topological polar surface area (TPSA) is 65.1 Å². The van der Waals surface area contributed by atoms with E-state index in [1.807, 2.05) is 31.7 Å². The maximum absolute atomic E-state index is 12.4. The molecule has 0 aromatic heterocycles. The number of esters is 1. The molecule has 2 heterocycles. The van der Waals surface area contributed by atoms with E-state index < -0.39 is 5.60 Å². The lowest BCUT2D eigenvalue weighted by atomic mass is 9.89. The van der Waals surface area contributed by atoms with E-state index in [-0.39, 0.29) is 30.6 Å². The molecule has 124 valence electrons. The van der Waals surface area contributed by atoms with Crippen molar-refractivity contribution in [3.63, 3.8) is 0 Å². The lowest BCUT2D eigenvalue weighted by molar-refractivity contribution is -0.139. The lowest BCUT2D eigenvalue weighted by Gasteiger charge is -2.46. The standard InChI is InChI=1S/C16H25NO5/c1-16(2,3)22-15(19)17-12-7-11(5-6-14(18)20-4)8-13(17)10-21-9-12/h5,12-13H,6-10H2,1-4H3. The summed E-state index contributed by atoms with van der Waals surface area (Å²) in [5.41, 5.74) is 0.677. The van der Waals surface area contributed by atoms with Crippen LogP contribution < -0.4 is 0 Å². The Labute approximate surface area is 131 Å². The quantitative estimate of drug-likeness (QED) is 0.578. The molecule has 0 spiro atoms. The monoisotopic (exact) mass is 311 g/mol. The molecule has 22 heavy (non-hydrogen) atoms. The average molecular weight is 311 g/mol. The summed E-state index contributed by atoms with van der Waals surface area (Å²) in [7, 11) is 1.38. The first-order valence-corrected chi connectivity index (χ1v) is 7.64. The van der Waals surface area contributed by atoms with Gasteiger partial charge in [0.15, 0.2) is 0 Å². The first-order valence-electron chi connectivity index (χ1n) is 7.64. The zero-order valence-electron chi connectivity index (χ0n) is 13.8. The number of nitrogens with zero attached hydrogens (tertiary/aromatic N) is 1. The lowest BCUT2D eigenvalue weighted by Crippen LogP contribution is -2.58. The van der Waals surface area contributed by atoms with Gasteiger partial charge < -0.3 is 14.2 Å². The van der Waals surface area contributed by atoms with Crippen molar-refractivity contribution >= 4 is 12.1 Å². The Balaban J connectivity index is 2.05. The smallest absolute Gasteiger partial charge is 0.410 e. The minimum absolute atomic E-state index is 0.0220. The van der Waals surface area contributed by atoms with Gasteiger partial charge in [-0.2, -0.15) is 0 Å². The predicted octanol–water partition coefficient (Wildman–Crippen LogP) is 2.27. The molecule has 0 aliphatic carbocycles. The number of carbonyl (C=O) groups is 2. The number of hydrogen-bond donors (Lipinski definition) is 0. The number of amides is 1. The highest BCUT2D eigenvalue weighted by Gasteiger charge is 2.41. The summed E-state index contributed by atoms with van der Waals surface area (Å²) in [5.74, 6) is -0.247. The van der Waals surface area contributed by atoms with E-state index >= 15 is 0 Å². The van der Waals surface area contributed by atoms with Crippen molar-refractivity contribution in [2.75, 3.05) is 20.3 Å². The molecule has 1 amide bonds. The molecule has 2 aliphatic rings. The molecule has 0 aromatic rings. The van der Waals surface area contributed by atoms with E-state index in [0.717, 1.165) is 0 Å². The zero-order valence-corrected chi connectivity index (χ0v) is 13.8. The SMILES string of the molecule is COC(=O)CC=C1CC2COCC(C1)N2C(=O)OC(C)(C)C. The summed E-state index contributed by atoms with van der Waals surface area (Å²) in [4.78, 5) is 25.5. The Morgan fingerprint density at radius 1 is 1.27 bits per heavy atom. The molecule has 0 aromatic carbocycles. The van der Waals surface area contributed by atoms with Crippen molar-refractivity contribution in [2.45, 2.75) is 57.7 Å². The van der Waals surface area contributed by atoms with Crippen LogP contribution in [0.2, 0.25) is 0 Å². The minimum atomic E-state index is -0.507. The van der Waals surface area contributed by atoms with Gasteiger partial charge in [-0.05, 0) is 33.6 Å². The first kappa shape index (κ1) is 16.8. The molecule has 0 radical (unpaired) electrons. The maximum atomic E-state index is 12.4. The normalized spacial score (nSPS) is 24.7. The molecule has 2 rings (SSSR count). The van der Waals surface area contributed by atoms with Crippen LogP contribution in [0.5, 0.6) is 0 Å². The number of hydrogen-bond acceptors (Lipinski definition) is 5. The zero-order chi connectivity index (χ0) is 16.3. The summed E-state index contributed by atoms with van der Waals surface area (Å²) >= 11 is 0. The Morgan fingerprint density at radius 2 is 1.86 bits per heavy atom. The fraction of sp³-hybridized carbons (Fsp3) is 0.750. The van der Waals surface area contributed by atoms with Gasteiger partial charge in [-0.1, -0.05) is 11.6 Å². The Hall–Kier alpha value is -1.56. The second-order valence-electron chi connectivity index (χ2n) is 6.78. The van der Waals surface area contributed by atoms with Crippen LogP contribution in [0.15, 0.2) is 11.6 Å². The number of rotatable bonds is 2. The number of morpholine rings is 1. The van der Waals surface area contributed by atoms with Gasteiger partial charge in [0.25, 0.3) is 0 Å². The van der Waals surface area contributed by atoms with Gasteiger partial charge in [-0.3, -0.25) is 9.69 Å². The summed E-state index contributed by atoms with van der Waals surface area (Å²) in [6.07, 6.45) is 3.35. The third-order valence-electron chi connectivity index (χ3n) is 3.79. The number of carbonyl (C=O) groups excluding carboxylic acids is 2. The molecule has 2 unspecified atom stereocenters. The van der Waals surface area contributed by atoms with Crippen molar-refractivity contribution in [1.29, 1.82) is 0 Å². The van der Waals surface area contributed by atoms with Gasteiger partial charge in [0.05, 0.1) is 38.8 Å². The molecule has 0 saturated carbocycles. The molecular weight excluding hydrogens is 286 g/mol. The summed E-state index contributed by atoms with van der Waals surface area (Å²) in [6, 6.07) is -0.0440. The van der Waals surface area contributed by atoms with E-state index in [9.17, 15) is 9.59 Å². The third kappa shape index (κ3) is 4.22. The highest BCUT2D eigenvalue weighted by atomic mass is 16.6. The van der Waals surface area contributed by atoms with Gasteiger partial charge in [-0.25, -0.2) is 4.79 Å². The Kier molecular flexibility index (Phi) is 5.11. The van der Waals surface area contributed by atoms with Crippen molar-refractivity contribution in [3.05, 3.63) is 11.6 Å². The van der Waals surface area contributed by atoms with Gasteiger partial charge >= 0.3 is 12.1 Å². The largest absolute Gasteiger partial charge is 0.469 e. The van der Waals surface area contributed by atoms with Crippen LogP contribution in [0.25, 0.3) is 0 Å². The van der Waals surface area contributed by atoms with Gasteiger partial charge in [0.1, 0.15) is 5.60 Å². The van der Waals surface area contributed by atoms with Gasteiger partial charge in [0, 0.05) is 0 Å². The third-order valence-corrected chi connectivity index (χ3v) is 3.79. The second kappa shape index (κ2) is 6.69. The van der Waals surface area contributed by atoms with Crippen LogP contribution >= 0.6 is 0 Å². The van der Waals surface area contributed by atoms with Crippen LogP contribution in [-0.4, -0.2) is 55.0 Å². The van der Waals surface area contributed by atoms with Crippen molar-refractivity contribution in [3.8, 4) is 0 Å². The highest BCUT2D eigenvalue weighted by Crippen LogP contribution is 2.32. The fourth-order valence-electron chi connectivity index (χ4n) is 2.89. The van der Waals surface area contributed by atoms with Crippen LogP contribution in [0.3, 0.4) is 0 Å². The number of ether oxygens (including phenoxy) is 3. The first-order chi connectivity index (χ1) is 10.3. The fourth-order valence-corrected chi connectivity index (χ4v) is 2.89. The van der Waals surface area contributed by atoms with Crippen LogP contribution in [0.1, 0.15) is 40.0 Å². The molecule has 0 N–H and O–H groups in total. The average Bonchev–Trinajstić information content (AvgIpc) is 2.41. The van der Waals surface area contributed by atoms with Crippen LogP contribution in [0.4, 0.5) is 4.79 Å². The van der Waals surface area contributed by atoms with Crippen molar-refractivity contribution < 1.29 is 23.8 Å². The van der Waals surface area contributed by atoms with Gasteiger partial charge in [0.2, 0.25) is 0 Å². The second-order valence-corrected chi connectivity index (χ2v) is 6.78. The Bertz CT molecular complexity index is 450. The summed E-state index contributed by atoms with van der Waals surface area (Å²) < 4.78 is 15.7. The molecular formula is C16H25NO5. The molecule has 2 saturated heterocycles. The Morgan fingerprint density at radius 3 is 2.36 bits per heavy atom. The maximum Gasteiger partial charge on any atom is 0.410 e. The predicted molar refractivity (Wildman–Crippen MR) is 80.4 cm³/mol. The van der Waals surface area contributed by atoms with Crippen LogP contribution in [0, 0.1) is 0 Å². The summed E-state index contributed by atoms with van der Waals surface area (Å²) in [6.45, 7) is 6.60. The molecule has 6 heteroatoms. The molecule has 2 bridgehead atoms. The summed E-state index contributed by atoms with van der Waals surface area (Å²) in [5, 5.41) is 0. The van der Waals surface area contributed by atoms with E-state index in [1.54, 1.807) is 0 Å². The van der Waals surface area contributed by atoms with Crippen molar-refractivity contribution in [2.24, 2.45) is 0 Å². The highest BCUT2D eigenvalue weighted by molar-refractivity contribution is 5.71. The van der Waals surface area contributed by atoms with Crippen LogP contribution in [-0.2, 0) is 19.0 Å². The minimum Gasteiger partial charge on any atom is -0.469 e. The number of methoxy groups -OCH3 is 1. The van der Waals surface area contributed by atoms with E-state index in [4.69, 9.17) is 9.47 Å². The van der Waals surface area contributed by atoms with Gasteiger partial charge in [-0.15, -0.1) is 0 Å². The number of piperidine rings is 1. The molecule has 6 nitrogen and oxygen atoms in total. The van der Waals surface area contributed by atoms with E-state index in [2.05, 4.69) is 4.74 Å². The number of fused-ring (bicyclic) bond motifs is 2.